The van der Waals surface area contributed by atoms with Crippen LogP contribution in [0.15, 0.2) is 0 Å². The first-order chi connectivity index (χ1) is 7.31. The molecule has 8 nitrogen and oxygen atoms in total. The van der Waals surface area contributed by atoms with Gasteiger partial charge in [0.25, 0.3) is 10.2 Å². The number of piperazine rings is 1. The van der Waals surface area contributed by atoms with Crippen LogP contribution in [0.3, 0.4) is 0 Å². The summed E-state index contributed by atoms with van der Waals surface area (Å²) in [6.45, 7) is 1.74. The summed E-state index contributed by atoms with van der Waals surface area (Å²) in [5.41, 5.74) is 0. The second kappa shape index (κ2) is 5.38. The van der Waals surface area contributed by atoms with E-state index < -0.39 is 26.0 Å². The molecule has 16 heavy (non-hydrogen) atoms. The molecule has 0 aromatic rings. The summed E-state index contributed by atoms with van der Waals surface area (Å²) in [7, 11) is -7.22. The molecule has 1 aliphatic rings. The van der Waals surface area contributed by atoms with Crippen molar-refractivity contribution < 1.29 is 16.8 Å². The van der Waals surface area contributed by atoms with Gasteiger partial charge < -0.3 is 5.32 Å². The second-order valence-corrected chi connectivity index (χ2v) is 6.90. The van der Waals surface area contributed by atoms with Crippen LogP contribution in [0.1, 0.15) is 0 Å². The third-order valence-electron chi connectivity index (χ3n) is 2.09. The Morgan fingerprint density at radius 3 is 2.25 bits per heavy atom. The van der Waals surface area contributed by atoms with Gasteiger partial charge in [0.15, 0.2) is 0 Å². The van der Waals surface area contributed by atoms with E-state index >= 15 is 0 Å². The lowest BCUT2D eigenvalue weighted by molar-refractivity contribution is 0.355. The summed E-state index contributed by atoms with van der Waals surface area (Å²) in [5.74, 6) is -0.404. The van der Waals surface area contributed by atoms with Crippen LogP contribution in [-0.4, -0.2) is 59.6 Å². The molecular formula is C6H16N4O4S2. The van der Waals surface area contributed by atoms with E-state index in [1.54, 1.807) is 0 Å². The van der Waals surface area contributed by atoms with Crippen LogP contribution in [0.2, 0.25) is 0 Å². The Morgan fingerprint density at radius 2 is 1.75 bits per heavy atom. The van der Waals surface area contributed by atoms with Crippen LogP contribution in [-0.2, 0) is 20.2 Å². The number of hydrogen-bond acceptors (Lipinski definition) is 5. The lowest BCUT2D eigenvalue weighted by Crippen LogP contribution is -2.51. The molecule has 0 amide bonds. The van der Waals surface area contributed by atoms with Crippen molar-refractivity contribution >= 4 is 20.2 Å². The molecule has 10 heteroatoms. The van der Waals surface area contributed by atoms with E-state index in [0.29, 0.717) is 26.2 Å². The van der Waals surface area contributed by atoms with Crippen molar-refractivity contribution in [3.05, 3.63) is 0 Å². The number of nitrogens with one attached hydrogen (secondary N) is 2. The van der Waals surface area contributed by atoms with Gasteiger partial charge in [0, 0.05) is 32.7 Å². The molecule has 1 saturated heterocycles. The van der Waals surface area contributed by atoms with Crippen molar-refractivity contribution in [3.63, 3.8) is 0 Å². The minimum atomic E-state index is -3.64. The maximum Gasteiger partial charge on any atom is 0.279 e. The van der Waals surface area contributed by atoms with E-state index in [1.807, 2.05) is 0 Å². The molecule has 96 valence electrons. The zero-order valence-corrected chi connectivity index (χ0v) is 10.3. The molecule has 4 N–H and O–H groups in total. The maximum atomic E-state index is 11.6. The Labute approximate surface area is 95.4 Å². The summed E-state index contributed by atoms with van der Waals surface area (Å²) in [6, 6.07) is 0. The highest BCUT2D eigenvalue weighted by Gasteiger charge is 2.23. The molecule has 0 atom stereocenters. The first kappa shape index (κ1) is 13.8. The zero-order valence-electron chi connectivity index (χ0n) is 8.72. The summed E-state index contributed by atoms with van der Waals surface area (Å²) >= 11 is 0. The van der Waals surface area contributed by atoms with E-state index in [0.717, 1.165) is 0 Å². The molecule has 1 aliphatic heterocycles. The van der Waals surface area contributed by atoms with Gasteiger partial charge in [-0.2, -0.15) is 12.7 Å². The van der Waals surface area contributed by atoms with Crippen LogP contribution in [0, 0.1) is 0 Å². The fraction of sp³-hybridized carbons (Fsp3) is 1.00. The van der Waals surface area contributed by atoms with Gasteiger partial charge in [-0.05, 0) is 0 Å². The van der Waals surface area contributed by atoms with Gasteiger partial charge in [-0.25, -0.2) is 18.3 Å². The van der Waals surface area contributed by atoms with E-state index in [9.17, 15) is 16.8 Å². The summed E-state index contributed by atoms with van der Waals surface area (Å²) < 4.78 is 47.9. The predicted molar refractivity (Wildman–Crippen MR) is 59.3 cm³/mol. The van der Waals surface area contributed by atoms with Gasteiger partial charge in [-0.1, -0.05) is 0 Å². The van der Waals surface area contributed by atoms with Gasteiger partial charge in [0.2, 0.25) is 10.0 Å². The summed E-state index contributed by atoms with van der Waals surface area (Å²) in [4.78, 5) is 0. The fourth-order valence-electron chi connectivity index (χ4n) is 1.29. The highest BCUT2D eigenvalue weighted by Crippen LogP contribution is 1.99. The summed E-state index contributed by atoms with van der Waals surface area (Å²) in [6.07, 6.45) is 0. The van der Waals surface area contributed by atoms with Crippen LogP contribution in [0.4, 0.5) is 0 Å². The van der Waals surface area contributed by atoms with E-state index in [4.69, 9.17) is 5.14 Å². The van der Waals surface area contributed by atoms with Crippen molar-refractivity contribution in [2.75, 3.05) is 38.5 Å². The SMILES string of the molecule is NS(=O)(=O)CCNS(=O)(=O)N1CCNCC1. The van der Waals surface area contributed by atoms with Crippen LogP contribution in [0.25, 0.3) is 0 Å². The Hall–Kier alpha value is -0.260. The third kappa shape index (κ3) is 4.72. The largest absolute Gasteiger partial charge is 0.314 e. The van der Waals surface area contributed by atoms with E-state index in [-0.39, 0.29) is 6.54 Å². The average Bonchev–Trinajstić information content (AvgIpc) is 2.17. The van der Waals surface area contributed by atoms with Gasteiger partial charge in [-0.15, -0.1) is 0 Å². The normalized spacial score (nSPS) is 19.8. The number of rotatable bonds is 5. The summed E-state index contributed by atoms with van der Waals surface area (Å²) in [5, 5.41) is 7.77. The molecule has 0 radical (unpaired) electrons. The maximum absolute atomic E-state index is 11.6. The van der Waals surface area contributed by atoms with E-state index in [1.165, 1.54) is 4.31 Å². The zero-order chi connectivity index (χ0) is 12.2. The molecule has 1 fully saturated rings. The molecule has 1 heterocycles. The van der Waals surface area contributed by atoms with Gasteiger partial charge in [0.05, 0.1) is 5.75 Å². The molecule has 0 unspecified atom stereocenters. The van der Waals surface area contributed by atoms with Crippen LogP contribution < -0.4 is 15.2 Å². The Bertz CT molecular complexity index is 412. The number of hydrogen-bond donors (Lipinski definition) is 3. The van der Waals surface area contributed by atoms with Crippen molar-refractivity contribution in [2.45, 2.75) is 0 Å². The second-order valence-electron chi connectivity index (χ2n) is 3.42. The Kier molecular flexibility index (Phi) is 4.64. The third-order valence-corrected chi connectivity index (χ3v) is 4.47. The standard InChI is InChI=1S/C6H16N4O4S2/c7-15(11,12)6-3-9-16(13,14)10-4-1-8-2-5-10/h8-9H,1-6H2,(H2,7,11,12). The van der Waals surface area contributed by atoms with Gasteiger partial charge >= 0.3 is 0 Å². The molecule has 1 rings (SSSR count). The minimum Gasteiger partial charge on any atom is -0.314 e. The average molecular weight is 272 g/mol. The molecule has 0 saturated carbocycles. The molecule has 0 aromatic heterocycles. The van der Waals surface area contributed by atoms with Crippen LogP contribution >= 0.6 is 0 Å². The fourth-order valence-corrected chi connectivity index (χ4v) is 3.01. The minimum absolute atomic E-state index is 0.203. The molecule has 0 aromatic carbocycles. The number of sulfonamides is 1. The lowest BCUT2D eigenvalue weighted by atomic mass is 10.4. The molecule has 0 aliphatic carbocycles. The number of nitrogens with zero attached hydrogens (tertiary/aromatic N) is 1. The predicted octanol–water partition coefficient (Wildman–Crippen LogP) is -2.99. The highest BCUT2D eigenvalue weighted by atomic mass is 32.2. The van der Waals surface area contributed by atoms with Gasteiger partial charge in [0.1, 0.15) is 0 Å². The Balaban J connectivity index is 2.45. The smallest absolute Gasteiger partial charge is 0.279 e. The first-order valence-corrected chi connectivity index (χ1v) is 7.93. The van der Waals surface area contributed by atoms with Crippen molar-refractivity contribution in [3.8, 4) is 0 Å². The lowest BCUT2D eigenvalue weighted by Gasteiger charge is -2.26. The monoisotopic (exact) mass is 272 g/mol. The quantitative estimate of drug-likeness (QED) is 0.493. The molecule has 0 spiro atoms. The van der Waals surface area contributed by atoms with Crippen molar-refractivity contribution in [2.24, 2.45) is 5.14 Å². The van der Waals surface area contributed by atoms with Crippen molar-refractivity contribution in [1.82, 2.24) is 14.3 Å². The highest BCUT2D eigenvalue weighted by molar-refractivity contribution is 7.89. The molecular weight excluding hydrogens is 256 g/mol. The number of primary sulfonamides is 1. The van der Waals surface area contributed by atoms with Gasteiger partial charge in [-0.3, -0.25) is 0 Å². The van der Waals surface area contributed by atoms with E-state index in [2.05, 4.69) is 10.0 Å². The first-order valence-electron chi connectivity index (χ1n) is 4.77. The van der Waals surface area contributed by atoms with Crippen molar-refractivity contribution in [1.29, 1.82) is 0 Å². The number of nitrogens with two attached hydrogens (primary N) is 1. The van der Waals surface area contributed by atoms with Crippen LogP contribution in [0.5, 0.6) is 0 Å². The topological polar surface area (TPSA) is 122 Å². The Morgan fingerprint density at radius 1 is 1.19 bits per heavy atom. The molecule has 0 bridgehead atoms.